The minimum Gasteiger partial charge on any atom is -0.393 e. The summed E-state index contributed by atoms with van der Waals surface area (Å²) in [6.45, 7) is 13.5. The van der Waals surface area contributed by atoms with Gasteiger partial charge in [-0.3, -0.25) is 0 Å². The quantitative estimate of drug-likeness (QED) is 0.119. The molecule has 17 nitrogen and oxygen atoms in total. The Balaban J connectivity index is 1.09. The van der Waals surface area contributed by atoms with E-state index in [4.69, 9.17) is 28.4 Å². The molecule has 0 aromatic heterocycles. The molecule has 8 rings (SSSR count). The number of fused-ring (bicyclic) bond motifs is 2. The highest BCUT2D eigenvalue weighted by Gasteiger charge is 2.84. The van der Waals surface area contributed by atoms with Crippen LogP contribution in [-0.2, 0) is 28.4 Å². The molecule has 3 saturated heterocycles. The van der Waals surface area contributed by atoms with Crippen LogP contribution in [0.3, 0.4) is 0 Å². The maximum absolute atomic E-state index is 12.1. The maximum atomic E-state index is 12.1. The van der Waals surface area contributed by atoms with E-state index in [0.29, 0.717) is 32.1 Å². The third-order valence-electron chi connectivity index (χ3n) is 18.6. The molecule has 5 saturated carbocycles. The van der Waals surface area contributed by atoms with Crippen molar-refractivity contribution in [3.8, 4) is 0 Å². The van der Waals surface area contributed by atoms with Gasteiger partial charge in [0.15, 0.2) is 18.9 Å². The molecule has 8 aliphatic rings. The van der Waals surface area contributed by atoms with Gasteiger partial charge in [0.1, 0.15) is 54.9 Å². The van der Waals surface area contributed by atoms with Gasteiger partial charge < -0.3 is 84.6 Å². The van der Waals surface area contributed by atoms with E-state index in [1.165, 1.54) is 0 Å². The summed E-state index contributed by atoms with van der Waals surface area (Å²) in [5, 5.41) is 118. The van der Waals surface area contributed by atoms with Crippen molar-refractivity contribution >= 4 is 0 Å². The van der Waals surface area contributed by atoms with E-state index in [0.717, 1.165) is 25.7 Å². The van der Waals surface area contributed by atoms with E-state index >= 15 is 0 Å². The Morgan fingerprint density at radius 3 is 1.81 bits per heavy atom. The Bertz CT molecular complexity index is 1600. The topological polar surface area (TPSA) is 278 Å². The van der Waals surface area contributed by atoms with Crippen molar-refractivity contribution < 1.29 is 84.6 Å². The molecule has 11 N–H and O–H groups in total. The van der Waals surface area contributed by atoms with Crippen LogP contribution in [0.5, 0.6) is 0 Å². The smallest absolute Gasteiger partial charge is 0.186 e. The predicted octanol–water partition coefficient (Wildman–Crippen LogP) is -0.334. The second kappa shape index (κ2) is 16.5. The molecule has 62 heavy (non-hydrogen) atoms. The molecule has 0 aromatic carbocycles. The van der Waals surface area contributed by atoms with Crippen LogP contribution in [0.2, 0.25) is 0 Å². The zero-order valence-corrected chi connectivity index (χ0v) is 37.4. The maximum Gasteiger partial charge on any atom is 0.186 e. The van der Waals surface area contributed by atoms with Gasteiger partial charge in [-0.1, -0.05) is 34.6 Å². The van der Waals surface area contributed by atoms with Gasteiger partial charge >= 0.3 is 0 Å². The number of ether oxygens (including phenoxy) is 6. The molecule has 2 spiro atoms. The van der Waals surface area contributed by atoms with E-state index in [9.17, 15) is 56.2 Å². The lowest BCUT2D eigenvalue weighted by atomic mass is 9.41. The first-order valence-corrected chi connectivity index (χ1v) is 23.2. The summed E-state index contributed by atoms with van der Waals surface area (Å²) in [5.41, 5.74) is -2.79. The minimum absolute atomic E-state index is 0.0423. The highest BCUT2D eigenvalue weighted by Crippen LogP contribution is 2.89. The van der Waals surface area contributed by atoms with Crippen LogP contribution in [0.15, 0.2) is 0 Å². The number of hydrogen-bond donors (Lipinski definition) is 11. The van der Waals surface area contributed by atoms with E-state index < -0.39 is 109 Å². The third kappa shape index (κ3) is 7.38. The largest absolute Gasteiger partial charge is 0.393 e. The SMILES string of the molecule is C[C@@H](CC[C@H](O)C(C)(C)O)[C@H]1[C@H](O)C[C@]2(C)[C@H]3C[C@H](O[C@H]4OC[C@H](O)[C@@H](O)[C@@H]4O)[C@H]4C(C)(C)[C@@H](O[C@H]5OC[C@H](O)[C@@H](O)[C@@H]5O[C@H]5OC[C@H](O)[C@@H](O)[C@@H]5O)CC[C@]45C[C@]35CC[C@@]12C. The molecule has 0 unspecified atom stereocenters. The Kier molecular flexibility index (Phi) is 12.7. The summed E-state index contributed by atoms with van der Waals surface area (Å²) in [6, 6.07) is 0. The number of aliphatic hydroxyl groups excluding tert-OH is 10. The molecule has 8 fully saturated rings. The van der Waals surface area contributed by atoms with Crippen molar-refractivity contribution in [2.24, 2.45) is 50.7 Å². The molecule has 358 valence electrons. The van der Waals surface area contributed by atoms with Crippen molar-refractivity contribution in [1.29, 1.82) is 0 Å². The molecular weight excluding hydrogens is 812 g/mol. The summed E-state index contributed by atoms with van der Waals surface area (Å²) in [7, 11) is 0. The first-order valence-electron chi connectivity index (χ1n) is 23.2. The highest BCUT2D eigenvalue weighted by atomic mass is 16.8. The lowest BCUT2D eigenvalue weighted by Crippen LogP contribution is -2.65. The molecule has 0 aromatic rings. The lowest BCUT2D eigenvalue weighted by molar-refractivity contribution is -0.359. The first kappa shape index (κ1) is 47.8. The van der Waals surface area contributed by atoms with Crippen LogP contribution >= 0.6 is 0 Å². The van der Waals surface area contributed by atoms with Crippen molar-refractivity contribution in [2.75, 3.05) is 19.8 Å². The van der Waals surface area contributed by atoms with Crippen LogP contribution in [0, 0.1) is 50.7 Å². The minimum atomic E-state index is -1.65. The summed E-state index contributed by atoms with van der Waals surface area (Å²) in [5.74, 6) is -0.0380. The second-order valence-electron chi connectivity index (χ2n) is 22.6. The van der Waals surface area contributed by atoms with Gasteiger partial charge in [-0.15, -0.1) is 0 Å². The second-order valence-corrected chi connectivity index (χ2v) is 22.6. The number of hydrogen-bond acceptors (Lipinski definition) is 17. The normalized spacial score (nSPS) is 54.7. The van der Waals surface area contributed by atoms with Crippen LogP contribution < -0.4 is 0 Å². The van der Waals surface area contributed by atoms with Crippen molar-refractivity contribution in [3.63, 3.8) is 0 Å². The molecule has 24 atom stereocenters. The molecule has 0 bridgehead atoms. The van der Waals surface area contributed by atoms with E-state index in [1.54, 1.807) is 13.8 Å². The highest BCUT2D eigenvalue weighted by molar-refractivity contribution is 5.33. The Morgan fingerprint density at radius 2 is 1.21 bits per heavy atom. The molecule has 3 aliphatic heterocycles. The van der Waals surface area contributed by atoms with Gasteiger partial charge in [0.25, 0.3) is 0 Å². The average molecular weight is 889 g/mol. The van der Waals surface area contributed by atoms with Crippen LogP contribution in [0.4, 0.5) is 0 Å². The fraction of sp³-hybridized carbons (Fsp3) is 1.00. The predicted molar refractivity (Wildman–Crippen MR) is 216 cm³/mol. The molecular formula is C45H76O17. The molecule has 0 amide bonds. The third-order valence-corrected chi connectivity index (χ3v) is 18.6. The fourth-order valence-corrected chi connectivity index (χ4v) is 15.1. The van der Waals surface area contributed by atoms with Crippen LogP contribution in [-0.4, -0.2) is 180 Å². The fourth-order valence-electron chi connectivity index (χ4n) is 15.1. The Hall–Kier alpha value is -0.680. The molecule has 0 radical (unpaired) electrons. The zero-order valence-electron chi connectivity index (χ0n) is 37.4. The van der Waals surface area contributed by atoms with Crippen molar-refractivity contribution in [2.45, 2.75) is 210 Å². The van der Waals surface area contributed by atoms with Gasteiger partial charge in [-0.05, 0) is 122 Å². The molecule has 3 heterocycles. The molecule has 5 aliphatic carbocycles. The van der Waals surface area contributed by atoms with Crippen molar-refractivity contribution in [3.05, 3.63) is 0 Å². The van der Waals surface area contributed by atoms with Crippen LogP contribution in [0.1, 0.15) is 106 Å². The van der Waals surface area contributed by atoms with Gasteiger partial charge in [-0.2, -0.15) is 0 Å². The summed E-state index contributed by atoms with van der Waals surface area (Å²) >= 11 is 0. The number of rotatable bonds is 11. The monoisotopic (exact) mass is 889 g/mol. The standard InChI is InChI=1S/C45H76O17/c1-20(8-9-27(50)41(4,5)56)29-21(46)15-43(7)26-14-25(60-37-33(54)30(51)22(47)16-57-37)36-40(2,3)28(10-11-45(36)19-44(26,45)13-12-42(29,43)6)61-39-35(32(53)24(49)18-59-39)62-38-34(55)31(52)23(48)17-58-38/h20-39,46-56H,8-19H2,1-7H3/t20-,21+,22-,23-,24-,25-,26+,27-,28-,29-,30+,31+,32+,33-,34-,35-,36-,37+,38+,39+,42-,43+,44+,45-/m0/s1. The van der Waals surface area contributed by atoms with Gasteiger partial charge in [-0.25, -0.2) is 0 Å². The summed E-state index contributed by atoms with van der Waals surface area (Å²) in [6.07, 6.45) is -13.1. The number of aliphatic hydroxyl groups is 11. The van der Waals surface area contributed by atoms with E-state index in [-0.39, 0.29) is 65.2 Å². The first-order chi connectivity index (χ1) is 28.8. The van der Waals surface area contributed by atoms with E-state index in [2.05, 4.69) is 34.6 Å². The molecule has 17 heteroatoms. The zero-order chi connectivity index (χ0) is 45.3. The Morgan fingerprint density at radius 1 is 0.645 bits per heavy atom. The Labute approximate surface area is 364 Å². The van der Waals surface area contributed by atoms with Gasteiger partial charge in [0, 0.05) is 0 Å². The lowest BCUT2D eigenvalue weighted by Gasteiger charge is -2.65. The van der Waals surface area contributed by atoms with Crippen LogP contribution in [0.25, 0.3) is 0 Å². The van der Waals surface area contributed by atoms with E-state index in [1.807, 2.05) is 0 Å². The summed E-state index contributed by atoms with van der Waals surface area (Å²) < 4.78 is 37.1. The average Bonchev–Trinajstić information content (AvgIpc) is 3.80. The van der Waals surface area contributed by atoms with Gasteiger partial charge in [0.2, 0.25) is 0 Å². The van der Waals surface area contributed by atoms with Gasteiger partial charge in [0.05, 0.1) is 49.8 Å². The summed E-state index contributed by atoms with van der Waals surface area (Å²) in [4.78, 5) is 0. The van der Waals surface area contributed by atoms with Crippen molar-refractivity contribution in [1.82, 2.24) is 0 Å².